The second-order valence-electron chi connectivity index (χ2n) is 6.92. The van der Waals surface area contributed by atoms with Gasteiger partial charge < -0.3 is 9.80 Å². The molecule has 2 aromatic heterocycles. The maximum atomic E-state index is 14.0. The van der Waals surface area contributed by atoms with Crippen LogP contribution < -0.4 is 4.90 Å². The molecule has 0 radical (unpaired) electrons. The molecule has 1 aromatic carbocycles. The van der Waals surface area contributed by atoms with E-state index in [2.05, 4.69) is 15.1 Å². The first-order chi connectivity index (χ1) is 13.0. The van der Waals surface area contributed by atoms with Gasteiger partial charge in [0.1, 0.15) is 17.8 Å². The molecule has 0 bridgehead atoms. The minimum absolute atomic E-state index is 0.129. The van der Waals surface area contributed by atoms with E-state index in [1.54, 1.807) is 27.6 Å². The van der Waals surface area contributed by atoms with Crippen LogP contribution in [-0.2, 0) is 0 Å². The lowest BCUT2D eigenvalue weighted by molar-refractivity contribution is 0.0740. The van der Waals surface area contributed by atoms with Crippen molar-refractivity contribution in [2.75, 3.05) is 31.1 Å². The Bertz CT molecular complexity index is 977. The summed E-state index contributed by atoms with van der Waals surface area (Å²) in [6, 6.07) is 8.51. The summed E-state index contributed by atoms with van der Waals surface area (Å²) in [4.78, 5) is 25.2. The van der Waals surface area contributed by atoms with E-state index in [0.717, 1.165) is 5.69 Å². The van der Waals surface area contributed by atoms with Crippen molar-refractivity contribution >= 4 is 17.4 Å². The zero-order chi connectivity index (χ0) is 19.0. The molecule has 1 saturated heterocycles. The van der Waals surface area contributed by atoms with E-state index < -0.39 is 0 Å². The molecule has 0 atom stereocenters. The molecule has 27 heavy (non-hydrogen) atoms. The number of rotatable bonds is 3. The molecule has 1 aliphatic rings. The average Bonchev–Trinajstić information content (AvgIpc) is 3.15. The van der Waals surface area contributed by atoms with Crippen molar-refractivity contribution in [1.29, 1.82) is 0 Å². The number of halogens is 1. The molecule has 1 fully saturated rings. The van der Waals surface area contributed by atoms with Gasteiger partial charge in [-0.15, -0.1) is 0 Å². The van der Waals surface area contributed by atoms with Gasteiger partial charge in [-0.05, 0) is 24.1 Å². The normalized spacial score (nSPS) is 15.0. The summed E-state index contributed by atoms with van der Waals surface area (Å²) < 4.78 is 15.6. The molecule has 0 unspecified atom stereocenters. The van der Waals surface area contributed by atoms with Crippen LogP contribution in [0.15, 0.2) is 36.7 Å². The second kappa shape index (κ2) is 6.94. The van der Waals surface area contributed by atoms with E-state index in [1.165, 1.54) is 12.4 Å². The van der Waals surface area contributed by atoms with Crippen LogP contribution in [-0.4, -0.2) is 56.6 Å². The van der Waals surface area contributed by atoms with Gasteiger partial charge in [0.15, 0.2) is 0 Å². The number of carbonyl (C=O) groups is 1. The van der Waals surface area contributed by atoms with Gasteiger partial charge in [0.25, 0.3) is 11.7 Å². The van der Waals surface area contributed by atoms with E-state index in [1.807, 2.05) is 24.8 Å². The van der Waals surface area contributed by atoms with Crippen molar-refractivity contribution in [3.8, 4) is 0 Å². The van der Waals surface area contributed by atoms with Crippen molar-refractivity contribution in [3.63, 3.8) is 0 Å². The van der Waals surface area contributed by atoms with Gasteiger partial charge in [0.05, 0.1) is 11.4 Å². The Kier molecular flexibility index (Phi) is 4.47. The zero-order valence-corrected chi connectivity index (χ0v) is 15.3. The SMILES string of the molecule is CC(C)c1cc(C(=O)N2CCN(c3ccccc3F)CC2)nc2ncnn12. The van der Waals surface area contributed by atoms with Gasteiger partial charge >= 0.3 is 0 Å². The molecule has 7 nitrogen and oxygen atoms in total. The van der Waals surface area contributed by atoms with Crippen molar-refractivity contribution < 1.29 is 9.18 Å². The number of para-hydroxylation sites is 1. The van der Waals surface area contributed by atoms with Crippen LogP contribution >= 0.6 is 0 Å². The van der Waals surface area contributed by atoms with Crippen LogP contribution in [0.2, 0.25) is 0 Å². The largest absolute Gasteiger partial charge is 0.366 e. The number of anilines is 1. The van der Waals surface area contributed by atoms with Crippen molar-refractivity contribution in [2.24, 2.45) is 0 Å². The van der Waals surface area contributed by atoms with Gasteiger partial charge in [-0.1, -0.05) is 26.0 Å². The predicted molar refractivity (Wildman–Crippen MR) is 99.4 cm³/mol. The van der Waals surface area contributed by atoms with E-state index in [-0.39, 0.29) is 17.6 Å². The Morgan fingerprint density at radius 1 is 1.15 bits per heavy atom. The van der Waals surface area contributed by atoms with E-state index in [9.17, 15) is 9.18 Å². The Morgan fingerprint density at radius 3 is 2.59 bits per heavy atom. The van der Waals surface area contributed by atoms with Crippen LogP contribution in [0.4, 0.5) is 10.1 Å². The monoisotopic (exact) mass is 368 g/mol. The average molecular weight is 368 g/mol. The highest BCUT2D eigenvalue weighted by molar-refractivity contribution is 5.93. The zero-order valence-electron chi connectivity index (χ0n) is 15.3. The van der Waals surface area contributed by atoms with Gasteiger partial charge in [-0.2, -0.15) is 10.1 Å². The van der Waals surface area contributed by atoms with Gasteiger partial charge in [0, 0.05) is 26.2 Å². The fourth-order valence-electron chi connectivity index (χ4n) is 3.38. The van der Waals surface area contributed by atoms with Gasteiger partial charge in [-0.25, -0.2) is 13.9 Å². The maximum absolute atomic E-state index is 14.0. The molecule has 0 N–H and O–H groups in total. The molecule has 3 heterocycles. The Labute approximate surface area is 156 Å². The third-order valence-corrected chi connectivity index (χ3v) is 4.85. The molecule has 4 rings (SSSR count). The predicted octanol–water partition coefficient (Wildman–Crippen LogP) is 2.35. The fraction of sp³-hybridized carbons (Fsp3) is 0.368. The summed E-state index contributed by atoms with van der Waals surface area (Å²) in [5, 5.41) is 4.18. The molecular weight excluding hydrogens is 347 g/mol. The summed E-state index contributed by atoms with van der Waals surface area (Å²) in [5.41, 5.74) is 1.85. The first-order valence-corrected chi connectivity index (χ1v) is 9.04. The highest BCUT2D eigenvalue weighted by Crippen LogP contribution is 2.21. The maximum Gasteiger partial charge on any atom is 0.272 e. The lowest BCUT2D eigenvalue weighted by Crippen LogP contribution is -2.49. The smallest absolute Gasteiger partial charge is 0.272 e. The highest BCUT2D eigenvalue weighted by atomic mass is 19.1. The van der Waals surface area contributed by atoms with Crippen LogP contribution in [0.3, 0.4) is 0 Å². The Balaban J connectivity index is 1.53. The minimum Gasteiger partial charge on any atom is -0.366 e. The number of carbonyl (C=O) groups excluding carboxylic acids is 1. The summed E-state index contributed by atoms with van der Waals surface area (Å²) in [6.45, 7) is 6.27. The summed E-state index contributed by atoms with van der Waals surface area (Å²) in [5.74, 6) is 0.240. The van der Waals surface area contributed by atoms with E-state index in [4.69, 9.17) is 0 Å². The highest BCUT2D eigenvalue weighted by Gasteiger charge is 2.25. The van der Waals surface area contributed by atoms with Crippen LogP contribution in [0.25, 0.3) is 5.78 Å². The van der Waals surface area contributed by atoms with Crippen molar-refractivity contribution in [2.45, 2.75) is 19.8 Å². The lowest BCUT2D eigenvalue weighted by Gasteiger charge is -2.36. The number of aromatic nitrogens is 4. The minimum atomic E-state index is -0.238. The molecule has 1 aliphatic heterocycles. The third-order valence-electron chi connectivity index (χ3n) is 4.85. The van der Waals surface area contributed by atoms with Gasteiger partial charge in [0.2, 0.25) is 0 Å². The molecule has 1 amide bonds. The molecule has 0 spiro atoms. The van der Waals surface area contributed by atoms with Crippen LogP contribution in [0, 0.1) is 5.82 Å². The van der Waals surface area contributed by atoms with E-state index in [0.29, 0.717) is 43.3 Å². The molecular formula is C19H21FN6O. The summed E-state index contributed by atoms with van der Waals surface area (Å²) in [6.07, 6.45) is 1.44. The van der Waals surface area contributed by atoms with Crippen molar-refractivity contribution in [1.82, 2.24) is 24.5 Å². The molecule has 140 valence electrons. The number of fused-ring (bicyclic) bond motifs is 1. The Hall–Kier alpha value is -3.03. The molecule has 3 aromatic rings. The number of amides is 1. The second-order valence-corrected chi connectivity index (χ2v) is 6.92. The lowest BCUT2D eigenvalue weighted by atomic mass is 10.1. The first-order valence-electron chi connectivity index (χ1n) is 9.04. The summed E-state index contributed by atoms with van der Waals surface area (Å²) >= 11 is 0. The van der Waals surface area contributed by atoms with Crippen LogP contribution in [0.1, 0.15) is 35.9 Å². The van der Waals surface area contributed by atoms with Gasteiger partial charge in [-0.3, -0.25) is 4.79 Å². The quantitative estimate of drug-likeness (QED) is 0.710. The third kappa shape index (κ3) is 3.22. The summed E-state index contributed by atoms with van der Waals surface area (Å²) in [7, 11) is 0. The number of piperazine rings is 1. The van der Waals surface area contributed by atoms with Crippen LogP contribution in [0.5, 0.6) is 0 Å². The Morgan fingerprint density at radius 2 is 1.89 bits per heavy atom. The number of nitrogens with zero attached hydrogens (tertiary/aromatic N) is 6. The number of benzene rings is 1. The van der Waals surface area contributed by atoms with Crippen molar-refractivity contribution in [3.05, 3.63) is 53.9 Å². The van der Waals surface area contributed by atoms with E-state index >= 15 is 0 Å². The standard InChI is InChI=1S/C19H21FN6O/c1-13(2)17-11-15(23-19-21-12-22-26(17)19)18(27)25-9-7-24(8-10-25)16-6-4-3-5-14(16)20/h3-6,11-13H,7-10H2,1-2H3. The molecule has 8 heteroatoms. The number of hydrogen-bond acceptors (Lipinski definition) is 5. The topological polar surface area (TPSA) is 66.6 Å². The number of hydrogen-bond donors (Lipinski definition) is 0. The fourth-order valence-corrected chi connectivity index (χ4v) is 3.38. The first kappa shape index (κ1) is 17.4. The molecule has 0 aliphatic carbocycles. The molecule has 0 saturated carbocycles.